The molecule has 1 N–H and O–H groups in total. The molecule has 1 aromatic rings. The maximum atomic E-state index is 12.0. The number of benzene rings is 1. The summed E-state index contributed by atoms with van der Waals surface area (Å²) in [5, 5.41) is 3.20. The summed E-state index contributed by atoms with van der Waals surface area (Å²) in [5.74, 6) is 0.844. The van der Waals surface area contributed by atoms with Crippen LogP contribution in [0.1, 0.15) is 31.4 Å². The van der Waals surface area contributed by atoms with Gasteiger partial charge >= 0.3 is 0 Å². The summed E-state index contributed by atoms with van der Waals surface area (Å²) in [5.41, 5.74) is 1.05. The van der Waals surface area contributed by atoms with Gasteiger partial charge in [0.05, 0.1) is 0 Å². The molecule has 1 aliphatic rings. The Labute approximate surface area is 128 Å². The molecule has 1 aromatic carbocycles. The predicted molar refractivity (Wildman–Crippen MR) is 82.9 cm³/mol. The highest BCUT2D eigenvalue weighted by molar-refractivity contribution is 9.10. The highest BCUT2D eigenvalue weighted by Crippen LogP contribution is 2.28. The van der Waals surface area contributed by atoms with Crippen molar-refractivity contribution in [3.05, 3.63) is 28.2 Å². The summed E-state index contributed by atoms with van der Waals surface area (Å²) in [6.45, 7) is 3.91. The molecular weight excluding hydrogens is 320 g/mol. The maximum Gasteiger partial charge on any atom is 0.260 e. The molecule has 0 radical (unpaired) electrons. The number of carbonyl (C=O) groups excluding carboxylic acids is 1. The minimum Gasteiger partial charge on any atom is -0.483 e. The van der Waals surface area contributed by atoms with E-state index in [-0.39, 0.29) is 18.6 Å². The molecule has 4 nitrogen and oxygen atoms in total. The van der Waals surface area contributed by atoms with E-state index in [1.165, 1.54) is 0 Å². The summed E-state index contributed by atoms with van der Waals surface area (Å²) in [6.07, 6.45) is 2.21. The topological polar surface area (TPSA) is 41.6 Å². The van der Waals surface area contributed by atoms with E-state index in [0.29, 0.717) is 0 Å². The Hall–Kier alpha value is -1.07. The predicted octanol–water partition coefficient (Wildman–Crippen LogP) is 2.73. The molecule has 2 rings (SSSR count). The molecule has 0 aliphatic carbocycles. The summed E-state index contributed by atoms with van der Waals surface area (Å²) < 4.78 is 6.74. The van der Waals surface area contributed by atoms with Gasteiger partial charge in [0, 0.05) is 29.2 Å². The van der Waals surface area contributed by atoms with Crippen LogP contribution in [0.15, 0.2) is 22.7 Å². The Morgan fingerprint density at radius 1 is 1.45 bits per heavy atom. The van der Waals surface area contributed by atoms with Gasteiger partial charge in [-0.3, -0.25) is 4.79 Å². The van der Waals surface area contributed by atoms with Crippen LogP contribution in [0, 0.1) is 0 Å². The summed E-state index contributed by atoms with van der Waals surface area (Å²) in [7, 11) is 1.91. The second kappa shape index (κ2) is 7.09. The fraction of sp³-hybridized carbons (Fsp3) is 0.533. The van der Waals surface area contributed by atoms with Crippen LogP contribution in [0.3, 0.4) is 0 Å². The minimum atomic E-state index is 0.0773. The molecule has 0 spiro atoms. The van der Waals surface area contributed by atoms with Gasteiger partial charge < -0.3 is 15.0 Å². The Balaban J connectivity index is 2.03. The second-order valence-corrected chi connectivity index (χ2v) is 5.98. The van der Waals surface area contributed by atoms with Crippen LogP contribution in [0.25, 0.3) is 0 Å². The van der Waals surface area contributed by atoms with E-state index in [0.717, 1.165) is 41.7 Å². The van der Waals surface area contributed by atoms with Crippen molar-refractivity contribution in [3.8, 4) is 5.75 Å². The van der Waals surface area contributed by atoms with E-state index in [9.17, 15) is 4.79 Å². The first kappa shape index (κ1) is 15.3. The number of likely N-dealkylation sites (tertiary alicyclic amines) is 1. The number of hydrogen-bond acceptors (Lipinski definition) is 3. The zero-order chi connectivity index (χ0) is 14.5. The van der Waals surface area contributed by atoms with Gasteiger partial charge in [0.25, 0.3) is 5.91 Å². The van der Waals surface area contributed by atoms with Crippen LogP contribution in [-0.4, -0.2) is 37.6 Å². The number of ether oxygens (including phenoxy) is 1. The summed E-state index contributed by atoms with van der Waals surface area (Å²) >= 11 is 3.47. The van der Waals surface area contributed by atoms with Crippen molar-refractivity contribution < 1.29 is 9.53 Å². The van der Waals surface area contributed by atoms with Crippen LogP contribution in [0.4, 0.5) is 0 Å². The van der Waals surface area contributed by atoms with Gasteiger partial charge in [-0.15, -0.1) is 0 Å². The second-order valence-electron chi connectivity index (χ2n) is 5.07. The number of halogens is 1. The fourth-order valence-electron chi connectivity index (χ4n) is 2.34. The van der Waals surface area contributed by atoms with Crippen molar-refractivity contribution in [1.29, 1.82) is 0 Å². The average molecular weight is 341 g/mol. The third-order valence-electron chi connectivity index (χ3n) is 3.68. The smallest absolute Gasteiger partial charge is 0.260 e. The van der Waals surface area contributed by atoms with Crippen molar-refractivity contribution in [2.24, 2.45) is 0 Å². The molecule has 110 valence electrons. The van der Waals surface area contributed by atoms with Crippen molar-refractivity contribution in [2.75, 3.05) is 26.7 Å². The Bertz CT molecular complexity index is 473. The third-order valence-corrected chi connectivity index (χ3v) is 4.17. The molecular formula is C15H21BrN2O2. The molecule has 1 amide bonds. The van der Waals surface area contributed by atoms with Crippen LogP contribution in [-0.2, 0) is 4.79 Å². The molecule has 1 heterocycles. The summed E-state index contributed by atoms with van der Waals surface area (Å²) in [4.78, 5) is 13.9. The number of hydrogen-bond donors (Lipinski definition) is 1. The van der Waals surface area contributed by atoms with Gasteiger partial charge in [-0.1, -0.05) is 15.9 Å². The largest absolute Gasteiger partial charge is 0.483 e. The minimum absolute atomic E-state index is 0.0773. The number of amides is 1. The van der Waals surface area contributed by atoms with Gasteiger partial charge in [-0.2, -0.15) is 0 Å². The van der Waals surface area contributed by atoms with Crippen LogP contribution < -0.4 is 10.1 Å². The lowest BCUT2D eigenvalue weighted by molar-refractivity contribution is -0.132. The quantitative estimate of drug-likeness (QED) is 0.895. The van der Waals surface area contributed by atoms with E-state index in [1.54, 1.807) is 0 Å². The molecule has 1 fully saturated rings. The lowest BCUT2D eigenvalue weighted by atomic mass is 10.1. The highest BCUT2D eigenvalue weighted by Gasteiger charge is 2.19. The van der Waals surface area contributed by atoms with Gasteiger partial charge in [-0.25, -0.2) is 0 Å². The number of nitrogens with one attached hydrogen (secondary N) is 1. The lowest BCUT2D eigenvalue weighted by Gasteiger charge is -2.19. The third kappa shape index (κ3) is 3.73. The molecule has 0 saturated carbocycles. The van der Waals surface area contributed by atoms with E-state index < -0.39 is 0 Å². The van der Waals surface area contributed by atoms with Gasteiger partial charge in [0.2, 0.25) is 0 Å². The normalized spacial score (nSPS) is 16.2. The first-order chi connectivity index (χ1) is 9.61. The average Bonchev–Trinajstić information content (AvgIpc) is 2.99. The Morgan fingerprint density at radius 2 is 2.15 bits per heavy atom. The van der Waals surface area contributed by atoms with E-state index in [2.05, 4.69) is 28.2 Å². The molecule has 1 aliphatic heterocycles. The lowest BCUT2D eigenvalue weighted by Crippen LogP contribution is -2.32. The molecule has 0 aromatic heterocycles. The van der Waals surface area contributed by atoms with E-state index >= 15 is 0 Å². The zero-order valence-electron chi connectivity index (χ0n) is 12.0. The van der Waals surface area contributed by atoms with Gasteiger partial charge in [0.15, 0.2) is 6.61 Å². The molecule has 1 unspecified atom stereocenters. The maximum absolute atomic E-state index is 12.0. The fourth-order valence-corrected chi connectivity index (χ4v) is 2.72. The molecule has 5 heteroatoms. The number of nitrogens with zero attached hydrogens (tertiary/aromatic N) is 1. The standard InChI is InChI=1S/C15H21BrN2O2/c1-11(17-2)13-9-12(16)5-6-14(13)20-10-15(19)18-7-3-4-8-18/h5-6,9,11,17H,3-4,7-8,10H2,1-2H3. The molecule has 1 saturated heterocycles. The van der Waals surface area contributed by atoms with E-state index in [4.69, 9.17) is 4.74 Å². The first-order valence-corrected chi connectivity index (χ1v) is 7.78. The van der Waals surface area contributed by atoms with Crippen LogP contribution in [0.5, 0.6) is 5.75 Å². The molecule has 20 heavy (non-hydrogen) atoms. The van der Waals surface area contributed by atoms with Crippen molar-refractivity contribution in [3.63, 3.8) is 0 Å². The van der Waals surface area contributed by atoms with E-state index in [1.807, 2.05) is 30.1 Å². The van der Waals surface area contributed by atoms with Crippen molar-refractivity contribution in [2.45, 2.75) is 25.8 Å². The molecule has 0 bridgehead atoms. The SMILES string of the molecule is CNC(C)c1cc(Br)ccc1OCC(=O)N1CCCC1. The number of rotatable bonds is 5. The first-order valence-electron chi connectivity index (χ1n) is 6.99. The Morgan fingerprint density at radius 3 is 2.80 bits per heavy atom. The van der Waals surface area contributed by atoms with Crippen LogP contribution >= 0.6 is 15.9 Å². The number of carbonyl (C=O) groups is 1. The highest BCUT2D eigenvalue weighted by atomic mass is 79.9. The molecule has 1 atom stereocenters. The van der Waals surface area contributed by atoms with Crippen LogP contribution in [0.2, 0.25) is 0 Å². The Kier molecular flexibility index (Phi) is 5.43. The van der Waals surface area contributed by atoms with Gasteiger partial charge in [-0.05, 0) is 45.0 Å². The monoisotopic (exact) mass is 340 g/mol. The zero-order valence-corrected chi connectivity index (χ0v) is 13.6. The summed E-state index contributed by atoms with van der Waals surface area (Å²) in [6, 6.07) is 6.03. The van der Waals surface area contributed by atoms with Gasteiger partial charge in [0.1, 0.15) is 5.75 Å². The van der Waals surface area contributed by atoms with Crippen molar-refractivity contribution >= 4 is 21.8 Å². The van der Waals surface area contributed by atoms with Crippen molar-refractivity contribution in [1.82, 2.24) is 10.2 Å².